The summed E-state index contributed by atoms with van der Waals surface area (Å²) in [6.45, 7) is 0.0353. The van der Waals surface area contributed by atoms with Gasteiger partial charge in [-0.05, 0) is 6.42 Å². The highest BCUT2D eigenvalue weighted by Crippen LogP contribution is 2.26. The Bertz CT molecular complexity index is 492. The molecular formula is C11H12FN3O3. The summed E-state index contributed by atoms with van der Waals surface area (Å²) in [4.78, 5) is 13.8. The molecule has 7 heteroatoms. The van der Waals surface area contributed by atoms with Crippen LogP contribution in [0.2, 0.25) is 0 Å². The van der Waals surface area contributed by atoms with Crippen molar-refractivity contribution in [1.29, 1.82) is 0 Å². The topological polar surface area (TPSA) is 88.3 Å². The molecule has 0 saturated carbocycles. The van der Waals surface area contributed by atoms with Crippen molar-refractivity contribution in [2.75, 3.05) is 11.9 Å². The van der Waals surface area contributed by atoms with Crippen molar-refractivity contribution >= 4 is 11.5 Å². The van der Waals surface area contributed by atoms with Crippen LogP contribution < -0.4 is 5.32 Å². The quantitative estimate of drug-likeness (QED) is 0.482. The van der Waals surface area contributed by atoms with Gasteiger partial charge in [-0.3, -0.25) is 10.1 Å². The largest absolute Gasteiger partial charge is 0.396 e. The lowest BCUT2D eigenvalue weighted by molar-refractivity contribution is -0.384. The van der Waals surface area contributed by atoms with Crippen molar-refractivity contribution in [2.24, 2.45) is 5.92 Å². The molecule has 1 aliphatic rings. The summed E-state index contributed by atoms with van der Waals surface area (Å²) in [5, 5.41) is 22.6. The van der Waals surface area contributed by atoms with Gasteiger partial charge in [-0.1, -0.05) is 12.2 Å². The van der Waals surface area contributed by atoms with Crippen LogP contribution in [-0.4, -0.2) is 27.7 Å². The number of hydrogen-bond donors (Lipinski definition) is 2. The number of nitrogens with zero attached hydrogens (tertiary/aromatic N) is 2. The zero-order valence-corrected chi connectivity index (χ0v) is 9.41. The van der Waals surface area contributed by atoms with Gasteiger partial charge in [0.15, 0.2) is 0 Å². The zero-order valence-electron chi connectivity index (χ0n) is 9.41. The number of nitro groups is 1. The van der Waals surface area contributed by atoms with Crippen molar-refractivity contribution in [1.82, 2.24) is 4.98 Å². The molecule has 2 rings (SSSR count). The lowest BCUT2D eigenvalue weighted by Crippen LogP contribution is -2.18. The van der Waals surface area contributed by atoms with E-state index >= 15 is 0 Å². The molecule has 0 amide bonds. The van der Waals surface area contributed by atoms with Crippen molar-refractivity contribution in [3.05, 3.63) is 40.3 Å². The van der Waals surface area contributed by atoms with Crippen molar-refractivity contribution < 1.29 is 14.4 Å². The smallest absolute Gasteiger partial charge is 0.314 e. The zero-order chi connectivity index (χ0) is 13.1. The van der Waals surface area contributed by atoms with E-state index < -0.39 is 16.4 Å². The van der Waals surface area contributed by atoms with Gasteiger partial charge in [0.2, 0.25) is 5.82 Å². The Morgan fingerprint density at radius 2 is 2.39 bits per heavy atom. The van der Waals surface area contributed by atoms with Gasteiger partial charge in [-0.2, -0.15) is 0 Å². The fourth-order valence-electron chi connectivity index (χ4n) is 1.87. The van der Waals surface area contributed by atoms with Crippen LogP contribution in [0, 0.1) is 21.8 Å². The van der Waals surface area contributed by atoms with E-state index in [2.05, 4.69) is 10.3 Å². The molecule has 1 aromatic heterocycles. The molecule has 1 aromatic rings. The molecule has 0 spiro atoms. The third-order valence-corrected chi connectivity index (χ3v) is 2.76. The maximum atomic E-state index is 12.9. The van der Waals surface area contributed by atoms with E-state index in [0.29, 0.717) is 6.42 Å². The first-order chi connectivity index (χ1) is 8.60. The number of anilines is 1. The van der Waals surface area contributed by atoms with Crippen LogP contribution >= 0.6 is 0 Å². The minimum atomic E-state index is -0.748. The van der Waals surface area contributed by atoms with Crippen molar-refractivity contribution in [3.63, 3.8) is 0 Å². The minimum Gasteiger partial charge on any atom is -0.396 e. The predicted octanol–water partition coefficient (Wildman–Crippen LogP) is 1.48. The van der Waals surface area contributed by atoms with Crippen molar-refractivity contribution in [3.8, 4) is 0 Å². The van der Waals surface area contributed by atoms with Crippen LogP contribution in [0.25, 0.3) is 0 Å². The van der Waals surface area contributed by atoms with Crippen LogP contribution in [0.3, 0.4) is 0 Å². The Morgan fingerprint density at radius 3 is 3.00 bits per heavy atom. The van der Waals surface area contributed by atoms with Crippen LogP contribution in [0.15, 0.2) is 24.4 Å². The lowest BCUT2D eigenvalue weighted by Gasteiger charge is -2.13. The lowest BCUT2D eigenvalue weighted by atomic mass is 10.1. The van der Waals surface area contributed by atoms with Crippen LogP contribution in [-0.2, 0) is 0 Å². The Balaban J connectivity index is 2.15. The summed E-state index contributed by atoms with van der Waals surface area (Å²) in [7, 11) is 0. The van der Waals surface area contributed by atoms with Gasteiger partial charge < -0.3 is 10.4 Å². The molecule has 6 nitrogen and oxygen atoms in total. The number of pyridine rings is 1. The minimum absolute atomic E-state index is 0.0353. The van der Waals surface area contributed by atoms with Crippen LogP contribution in [0.5, 0.6) is 0 Å². The van der Waals surface area contributed by atoms with Gasteiger partial charge in [-0.25, -0.2) is 9.37 Å². The number of nitrogens with one attached hydrogen (secondary N) is 1. The van der Waals surface area contributed by atoms with Gasteiger partial charge in [0, 0.05) is 18.6 Å². The number of hydrogen-bond acceptors (Lipinski definition) is 5. The number of rotatable bonds is 4. The Labute approximate surface area is 102 Å². The average molecular weight is 253 g/mol. The fraction of sp³-hybridized carbons (Fsp3) is 0.364. The first-order valence-electron chi connectivity index (χ1n) is 5.46. The van der Waals surface area contributed by atoms with Gasteiger partial charge in [0.05, 0.1) is 17.2 Å². The van der Waals surface area contributed by atoms with E-state index in [1.165, 1.54) is 0 Å². The maximum absolute atomic E-state index is 12.9. The Kier molecular flexibility index (Phi) is 3.52. The molecule has 2 N–H and O–H groups in total. The normalized spacial score (nSPS) is 22.1. The maximum Gasteiger partial charge on any atom is 0.314 e. The molecule has 0 radical (unpaired) electrons. The SMILES string of the molecule is O=[N+]([O-])c1cc(F)cnc1N[C@@H]1C=C[C@H](CO)C1. The molecule has 2 atom stereocenters. The van der Waals surface area contributed by atoms with Gasteiger partial charge in [0.1, 0.15) is 5.82 Å². The number of aliphatic hydroxyl groups excluding tert-OH is 1. The third kappa shape index (κ3) is 2.62. The highest BCUT2D eigenvalue weighted by molar-refractivity contribution is 5.56. The summed E-state index contributed by atoms with van der Waals surface area (Å²) < 4.78 is 12.9. The standard InChI is InChI=1S/C11H12FN3O3/c12-8-4-10(15(17)18)11(13-5-8)14-9-2-1-7(3-9)6-16/h1-2,4-5,7,9,16H,3,6H2,(H,13,14)/t7-,9+/m0/s1. The molecule has 18 heavy (non-hydrogen) atoms. The number of halogens is 1. The second-order valence-corrected chi connectivity index (χ2v) is 4.09. The average Bonchev–Trinajstić information content (AvgIpc) is 2.79. The summed E-state index contributed by atoms with van der Waals surface area (Å²) in [5.41, 5.74) is -0.393. The summed E-state index contributed by atoms with van der Waals surface area (Å²) in [6.07, 6.45) is 5.22. The molecule has 0 fully saturated rings. The molecule has 1 aliphatic carbocycles. The van der Waals surface area contributed by atoms with Gasteiger partial charge in [-0.15, -0.1) is 0 Å². The molecule has 96 valence electrons. The van der Waals surface area contributed by atoms with E-state index in [-0.39, 0.29) is 24.4 Å². The predicted molar refractivity (Wildman–Crippen MR) is 62.6 cm³/mol. The Morgan fingerprint density at radius 1 is 1.61 bits per heavy atom. The first kappa shape index (κ1) is 12.4. The highest BCUT2D eigenvalue weighted by atomic mass is 19.1. The highest BCUT2D eigenvalue weighted by Gasteiger charge is 2.23. The van der Waals surface area contributed by atoms with E-state index in [0.717, 1.165) is 12.3 Å². The van der Waals surface area contributed by atoms with E-state index in [1.54, 1.807) is 0 Å². The molecular weight excluding hydrogens is 241 g/mol. The van der Waals surface area contributed by atoms with E-state index in [9.17, 15) is 14.5 Å². The second kappa shape index (κ2) is 5.09. The van der Waals surface area contributed by atoms with Crippen molar-refractivity contribution in [2.45, 2.75) is 12.5 Å². The third-order valence-electron chi connectivity index (χ3n) is 2.76. The molecule has 0 unspecified atom stereocenters. The first-order valence-corrected chi connectivity index (χ1v) is 5.46. The number of aromatic nitrogens is 1. The Hall–Kier alpha value is -2.02. The molecule has 1 heterocycles. The number of aliphatic hydroxyl groups is 1. The van der Waals surface area contributed by atoms with E-state index in [4.69, 9.17) is 5.11 Å². The molecule has 0 bridgehead atoms. The molecule has 0 saturated heterocycles. The van der Waals surface area contributed by atoms with Crippen LogP contribution in [0.4, 0.5) is 15.9 Å². The fourth-order valence-corrected chi connectivity index (χ4v) is 1.87. The second-order valence-electron chi connectivity index (χ2n) is 4.09. The summed E-state index contributed by atoms with van der Waals surface area (Å²) >= 11 is 0. The summed E-state index contributed by atoms with van der Waals surface area (Å²) in [6, 6.07) is 0.691. The van der Waals surface area contributed by atoms with Gasteiger partial charge in [0.25, 0.3) is 0 Å². The van der Waals surface area contributed by atoms with Crippen LogP contribution in [0.1, 0.15) is 6.42 Å². The van der Waals surface area contributed by atoms with E-state index in [1.807, 2.05) is 12.2 Å². The molecule has 0 aliphatic heterocycles. The van der Waals surface area contributed by atoms with Gasteiger partial charge >= 0.3 is 5.69 Å². The molecule has 0 aromatic carbocycles. The summed E-state index contributed by atoms with van der Waals surface area (Å²) in [5.74, 6) is -0.668. The monoisotopic (exact) mass is 253 g/mol.